The Hall–Kier alpha value is -2.40. The van der Waals surface area contributed by atoms with Gasteiger partial charge in [-0.2, -0.15) is 0 Å². The largest absolute Gasteiger partial charge is 0.414 e. The zero-order valence-corrected chi connectivity index (χ0v) is 13.7. The second-order valence-corrected chi connectivity index (χ2v) is 6.08. The highest BCUT2D eigenvalue weighted by Crippen LogP contribution is 2.25. The minimum Gasteiger partial charge on any atom is -0.410 e. The quantitative estimate of drug-likeness (QED) is 0.855. The maximum absolute atomic E-state index is 11.7. The molecular formula is C18H21N3O2. The fraction of sp³-hybridized carbons (Fsp3) is 0.333. The van der Waals surface area contributed by atoms with E-state index in [9.17, 15) is 4.79 Å². The van der Waals surface area contributed by atoms with Crippen LogP contribution in [-0.4, -0.2) is 48.6 Å². The lowest BCUT2D eigenvalue weighted by Crippen LogP contribution is -2.27. The number of rotatable bonds is 2. The van der Waals surface area contributed by atoms with E-state index in [4.69, 9.17) is 9.72 Å². The zero-order chi connectivity index (χ0) is 16.4. The highest BCUT2D eigenvalue weighted by atomic mass is 16.6. The van der Waals surface area contributed by atoms with Crippen LogP contribution in [0.5, 0.6) is 5.75 Å². The molecule has 0 saturated carbocycles. The third-order valence-electron chi connectivity index (χ3n) is 3.94. The van der Waals surface area contributed by atoms with Crippen LogP contribution in [0.3, 0.4) is 0 Å². The normalized spacial score (nSPS) is 14.2. The Morgan fingerprint density at radius 2 is 2.09 bits per heavy atom. The molecule has 0 unspecified atom stereocenters. The first-order valence-electron chi connectivity index (χ1n) is 7.70. The van der Waals surface area contributed by atoms with Crippen molar-refractivity contribution in [3.05, 3.63) is 47.7 Å². The first-order chi connectivity index (χ1) is 11.0. The molecule has 2 heterocycles. The van der Waals surface area contributed by atoms with E-state index in [0.29, 0.717) is 5.75 Å². The molecule has 1 aliphatic rings. The molecule has 120 valence electrons. The number of hydrogen-bond donors (Lipinski definition) is 0. The lowest BCUT2D eigenvalue weighted by molar-refractivity contribution is 0.172. The molecule has 0 spiro atoms. The number of ether oxygens (including phenoxy) is 1. The van der Waals surface area contributed by atoms with Crippen LogP contribution in [0.25, 0.3) is 11.3 Å². The zero-order valence-electron chi connectivity index (χ0n) is 13.7. The average molecular weight is 311 g/mol. The van der Waals surface area contributed by atoms with Gasteiger partial charge in [-0.1, -0.05) is 18.2 Å². The molecule has 1 amide bonds. The Morgan fingerprint density at radius 1 is 1.26 bits per heavy atom. The van der Waals surface area contributed by atoms with Crippen molar-refractivity contribution in [2.45, 2.75) is 13.0 Å². The Bertz CT molecular complexity index is 728. The summed E-state index contributed by atoms with van der Waals surface area (Å²) in [5.41, 5.74) is 4.32. The van der Waals surface area contributed by atoms with Gasteiger partial charge in [-0.15, -0.1) is 0 Å². The fourth-order valence-corrected chi connectivity index (χ4v) is 2.63. The van der Waals surface area contributed by atoms with Crippen LogP contribution in [0.1, 0.15) is 11.3 Å². The molecule has 1 aromatic heterocycles. The average Bonchev–Trinajstić information content (AvgIpc) is 2.54. The maximum atomic E-state index is 11.7. The number of carbonyl (C=O) groups excluding carboxylic acids is 1. The molecule has 0 fully saturated rings. The van der Waals surface area contributed by atoms with E-state index in [2.05, 4.69) is 18.0 Å². The van der Waals surface area contributed by atoms with Gasteiger partial charge in [0, 0.05) is 44.9 Å². The molecule has 0 bridgehead atoms. The van der Waals surface area contributed by atoms with Crippen molar-refractivity contribution in [1.29, 1.82) is 0 Å². The number of amides is 1. The number of carbonyl (C=O) groups is 1. The number of benzene rings is 1. The van der Waals surface area contributed by atoms with Crippen LogP contribution in [0, 0.1) is 0 Å². The molecular weight excluding hydrogens is 290 g/mol. The van der Waals surface area contributed by atoms with E-state index in [1.54, 1.807) is 20.2 Å². The Balaban J connectivity index is 1.86. The molecule has 0 aliphatic carbocycles. The second kappa shape index (κ2) is 6.38. The van der Waals surface area contributed by atoms with E-state index < -0.39 is 0 Å². The van der Waals surface area contributed by atoms with Gasteiger partial charge in [-0.25, -0.2) is 4.79 Å². The summed E-state index contributed by atoms with van der Waals surface area (Å²) >= 11 is 0. The molecule has 3 rings (SSSR count). The van der Waals surface area contributed by atoms with Crippen LogP contribution in [0.4, 0.5) is 4.79 Å². The van der Waals surface area contributed by atoms with E-state index in [0.717, 1.165) is 36.5 Å². The van der Waals surface area contributed by atoms with Gasteiger partial charge >= 0.3 is 6.09 Å². The van der Waals surface area contributed by atoms with Gasteiger partial charge in [-0.3, -0.25) is 4.98 Å². The van der Waals surface area contributed by atoms with Crippen molar-refractivity contribution in [2.24, 2.45) is 0 Å². The van der Waals surface area contributed by atoms with Gasteiger partial charge in [0.15, 0.2) is 0 Å². The fourth-order valence-electron chi connectivity index (χ4n) is 2.63. The molecule has 1 aromatic carbocycles. The third-order valence-corrected chi connectivity index (χ3v) is 3.94. The molecule has 5 heteroatoms. The first-order valence-corrected chi connectivity index (χ1v) is 7.70. The van der Waals surface area contributed by atoms with Crippen LogP contribution in [0.15, 0.2) is 36.4 Å². The van der Waals surface area contributed by atoms with Crippen molar-refractivity contribution in [2.75, 3.05) is 27.7 Å². The smallest absolute Gasteiger partial charge is 0.410 e. The van der Waals surface area contributed by atoms with Crippen molar-refractivity contribution < 1.29 is 9.53 Å². The summed E-state index contributed by atoms with van der Waals surface area (Å²) in [6, 6.07) is 11.7. The number of aromatic nitrogens is 1. The van der Waals surface area contributed by atoms with Gasteiger partial charge in [-0.05, 0) is 30.8 Å². The predicted molar refractivity (Wildman–Crippen MR) is 89.4 cm³/mol. The molecule has 0 atom stereocenters. The van der Waals surface area contributed by atoms with Gasteiger partial charge in [0.05, 0.1) is 5.69 Å². The maximum Gasteiger partial charge on any atom is 0.414 e. The summed E-state index contributed by atoms with van der Waals surface area (Å²) in [5.74, 6) is 0.528. The molecule has 2 aromatic rings. The van der Waals surface area contributed by atoms with E-state index in [1.807, 2.05) is 24.3 Å². The summed E-state index contributed by atoms with van der Waals surface area (Å²) in [7, 11) is 5.45. The highest BCUT2D eigenvalue weighted by Gasteiger charge is 2.15. The van der Waals surface area contributed by atoms with Crippen LogP contribution in [0.2, 0.25) is 0 Å². The van der Waals surface area contributed by atoms with Crippen LogP contribution >= 0.6 is 0 Å². The van der Waals surface area contributed by atoms with Crippen molar-refractivity contribution in [3.8, 4) is 17.0 Å². The molecule has 5 nitrogen and oxygen atoms in total. The molecule has 1 aliphatic heterocycles. The SMILES string of the molecule is CN1CCc2nc(-c3cccc(OC(=O)N(C)C)c3)ccc2C1. The lowest BCUT2D eigenvalue weighted by Gasteiger charge is -2.24. The molecule has 0 N–H and O–H groups in total. The second-order valence-electron chi connectivity index (χ2n) is 6.08. The van der Waals surface area contributed by atoms with Gasteiger partial charge in [0.1, 0.15) is 5.75 Å². The number of hydrogen-bond acceptors (Lipinski definition) is 4. The van der Waals surface area contributed by atoms with Crippen molar-refractivity contribution in [3.63, 3.8) is 0 Å². The molecule has 23 heavy (non-hydrogen) atoms. The van der Waals surface area contributed by atoms with Gasteiger partial charge in [0.25, 0.3) is 0 Å². The Labute approximate surface area is 136 Å². The standard InChI is InChI=1S/C18H21N3O2/c1-20(2)18(22)23-15-6-4-5-13(11-15)16-8-7-14-12-21(3)10-9-17(14)19-16/h4-8,11H,9-10,12H2,1-3H3. The molecule has 0 saturated heterocycles. The van der Waals surface area contributed by atoms with Crippen molar-refractivity contribution in [1.82, 2.24) is 14.8 Å². The predicted octanol–water partition coefficient (Wildman–Crippen LogP) is 2.80. The monoisotopic (exact) mass is 311 g/mol. The number of fused-ring (bicyclic) bond motifs is 1. The van der Waals surface area contributed by atoms with Gasteiger partial charge < -0.3 is 14.5 Å². The third kappa shape index (κ3) is 3.51. The van der Waals surface area contributed by atoms with Crippen LogP contribution < -0.4 is 4.74 Å². The number of pyridine rings is 1. The summed E-state index contributed by atoms with van der Waals surface area (Å²) in [6.45, 7) is 1.98. The first kappa shape index (κ1) is 15.5. The van der Waals surface area contributed by atoms with E-state index in [-0.39, 0.29) is 6.09 Å². The van der Waals surface area contributed by atoms with Crippen LogP contribution in [-0.2, 0) is 13.0 Å². The van der Waals surface area contributed by atoms with Crippen molar-refractivity contribution >= 4 is 6.09 Å². The topological polar surface area (TPSA) is 45.7 Å². The van der Waals surface area contributed by atoms with E-state index in [1.165, 1.54) is 10.5 Å². The summed E-state index contributed by atoms with van der Waals surface area (Å²) in [4.78, 5) is 20.2. The minimum absolute atomic E-state index is 0.386. The number of nitrogens with zero attached hydrogens (tertiary/aromatic N) is 3. The minimum atomic E-state index is -0.386. The Kier molecular flexibility index (Phi) is 4.30. The summed E-state index contributed by atoms with van der Waals surface area (Å²) < 4.78 is 5.32. The van der Waals surface area contributed by atoms with E-state index >= 15 is 0 Å². The highest BCUT2D eigenvalue weighted by molar-refractivity contribution is 5.71. The summed E-state index contributed by atoms with van der Waals surface area (Å²) in [5, 5.41) is 0. The molecule has 0 radical (unpaired) electrons. The lowest BCUT2D eigenvalue weighted by atomic mass is 10.0. The number of likely N-dealkylation sites (N-methyl/N-ethyl adjacent to an activating group) is 1. The Morgan fingerprint density at radius 3 is 2.87 bits per heavy atom. The summed E-state index contributed by atoms with van der Waals surface area (Å²) in [6.07, 6.45) is 0.582. The van der Waals surface area contributed by atoms with Gasteiger partial charge in [0.2, 0.25) is 0 Å².